The number of hydrogen-bond donors (Lipinski definition) is 0. The minimum Gasteiger partial charge on any atom is -0.343 e. The maximum Gasteiger partial charge on any atom is 0.224 e. The minimum absolute atomic E-state index is 0.197. The summed E-state index contributed by atoms with van der Waals surface area (Å²) in [5.74, 6) is 1.06. The van der Waals surface area contributed by atoms with Gasteiger partial charge < -0.3 is 9.80 Å². The van der Waals surface area contributed by atoms with Crippen LogP contribution in [0.3, 0.4) is 0 Å². The van der Waals surface area contributed by atoms with Gasteiger partial charge in [-0.1, -0.05) is 6.42 Å². The van der Waals surface area contributed by atoms with E-state index in [0.29, 0.717) is 31.0 Å². The number of hydrogen-bond acceptors (Lipinski definition) is 4. The molecule has 3 saturated heterocycles. The Balaban J connectivity index is 1.36. The Hall–Kier alpha value is -1.89. The second-order valence-electron chi connectivity index (χ2n) is 9.50. The average Bonchev–Trinajstić information content (AvgIpc) is 3.22. The van der Waals surface area contributed by atoms with E-state index in [1.54, 1.807) is 6.92 Å². The van der Waals surface area contributed by atoms with Crippen LogP contribution in [0.2, 0.25) is 0 Å². The molecule has 3 aliphatic heterocycles. The van der Waals surface area contributed by atoms with Gasteiger partial charge in [0.15, 0.2) is 0 Å². The van der Waals surface area contributed by atoms with Crippen molar-refractivity contribution >= 4 is 11.8 Å². The highest BCUT2D eigenvalue weighted by molar-refractivity contribution is 5.76. The molecule has 0 N–H and O–H groups in total. The van der Waals surface area contributed by atoms with Crippen LogP contribution in [0.25, 0.3) is 0 Å². The van der Waals surface area contributed by atoms with Gasteiger partial charge in [-0.05, 0) is 58.1 Å². The van der Waals surface area contributed by atoms with Gasteiger partial charge in [0.05, 0.1) is 5.69 Å². The molecule has 166 valence electrons. The van der Waals surface area contributed by atoms with Crippen LogP contribution in [-0.2, 0) is 16.1 Å². The van der Waals surface area contributed by atoms with Crippen molar-refractivity contribution in [2.45, 2.75) is 77.9 Å². The predicted octanol–water partition coefficient (Wildman–Crippen LogP) is 2.21. The summed E-state index contributed by atoms with van der Waals surface area (Å²) < 4.78 is 1.95. The van der Waals surface area contributed by atoms with Gasteiger partial charge in [-0.25, -0.2) is 0 Å². The molecular formula is C23H37N5O2. The maximum absolute atomic E-state index is 13.0. The highest BCUT2D eigenvalue weighted by atomic mass is 16.2. The molecule has 7 nitrogen and oxygen atoms in total. The number of aromatic nitrogens is 2. The Morgan fingerprint density at radius 2 is 1.80 bits per heavy atom. The van der Waals surface area contributed by atoms with Gasteiger partial charge in [0.25, 0.3) is 0 Å². The molecule has 30 heavy (non-hydrogen) atoms. The molecule has 0 saturated carbocycles. The monoisotopic (exact) mass is 415 g/mol. The zero-order valence-corrected chi connectivity index (χ0v) is 18.8. The van der Waals surface area contributed by atoms with E-state index in [4.69, 9.17) is 0 Å². The van der Waals surface area contributed by atoms with E-state index < -0.39 is 0 Å². The van der Waals surface area contributed by atoms with Crippen LogP contribution in [0.15, 0.2) is 6.07 Å². The molecule has 7 heteroatoms. The summed E-state index contributed by atoms with van der Waals surface area (Å²) in [4.78, 5) is 31.5. The van der Waals surface area contributed by atoms with Crippen molar-refractivity contribution in [3.63, 3.8) is 0 Å². The fourth-order valence-corrected chi connectivity index (χ4v) is 5.81. The van der Waals surface area contributed by atoms with Crippen LogP contribution in [0.5, 0.6) is 0 Å². The summed E-state index contributed by atoms with van der Waals surface area (Å²) in [6, 6.07) is 3.10. The van der Waals surface area contributed by atoms with Crippen molar-refractivity contribution in [1.29, 1.82) is 0 Å². The van der Waals surface area contributed by atoms with Crippen molar-refractivity contribution in [3.05, 3.63) is 17.5 Å². The van der Waals surface area contributed by atoms with Gasteiger partial charge in [0, 0.05) is 63.8 Å². The van der Waals surface area contributed by atoms with Gasteiger partial charge in [0.2, 0.25) is 11.8 Å². The van der Waals surface area contributed by atoms with Crippen molar-refractivity contribution in [3.8, 4) is 0 Å². The molecule has 0 aromatic carbocycles. The Kier molecular flexibility index (Phi) is 6.46. The minimum atomic E-state index is 0.197. The molecule has 2 atom stereocenters. The molecule has 3 aliphatic rings. The van der Waals surface area contributed by atoms with Crippen molar-refractivity contribution in [2.24, 2.45) is 5.92 Å². The lowest BCUT2D eigenvalue weighted by Gasteiger charge is -2.41. The second-order valence-corrected chi connectivity index (χ2v) is 9.50. The number of likely N-dealkylation sites (tertiary alicyclic amines) is 3. The van der Waals surface area contributed by atoms with E-state index in [0.717, 1.165) is 57.0 Å². The van der Waals surface area contributed by atoms with E-state index in [9.17, 15) is 9.59 Å². The van der Waals surface area contributed by atoms with Gasteiger partial charge >= 0.3 is 0 Å². The Morgan fingerprint density at radius 3 is 2.47 bits per heavy atom. The zero-order valence-electron chi connectivity index (χ0n) is 18.8. The number of fused-ring (bicyclic) bond motifs is 1. The molecule has 0 spiro atoms. The summed E-state index contributed by atoms with van der Waals surface area (Å²) >= 11 is 0. The number of piperidine rings is 1. The second kappa shape index (κ2) is 9.08. The lowest BCUT2D eigenvalue weighted by molar-refractivity contribution is -0.132. The first-order valence-electron chi connectivity index (χ1n) is 11.7. The molecular weight excluding hydrogens is 378 g/mol. The third-order valence-corrected chi connectivity index (χ3v) is 7.45. The quantitative estimate of drug-likeness (QED) is 0.757. The van der Waals surface area contributed by atoms with E-state index in [1.165, 1.54) is 19.3 Å². The molecule has 3 fully saturated rings. The topological polar surface area (TPSA) is 61.7 Å². The summed E-state index contributed by atoms with van der Waals surface area (Å²) in [7, 11) is 0. The van der Waals surface area contributed by atoms with Crippen LogP contribution in [0, 0.1) is 19.8 Å². The Morgan fingerprint density at radius 1 is 1.03 bits per heavy atom. The molecule has 1 aromatic rings. The Labute approximate surface area is 180 Å². The van der Waals surface area contributed by atoms with Crippen LogP contribution in [-0.4, -0.2) is 81.1 Å². The number of nitrogens with zero attached hydrogens (tertiary/aromatic N) is 5. The lowest BCUT2D eigenvalue weighted by Crippen LogP contribution is -2.52. The third-order valence-electron chi connectivity index (χ3n) is 7.45. The SMILES string of the molecule is CC(=O)N1CCC(N2CCCC[C@H]3CN(C(=O)CCn4nc(C)cc4C)C[C@H]32)CC1. The molecule has 4 heterocycles. The molecule has 0 aliphatic carbocycles. The summed E-state index contributed by atoms with van der Waals surface area (Å²) in [5.41, 5.74) is 2.13. The van der Waals surface area contributed by atoms with Crippen molar-refractivity contribution in [1.82, 2.24) is 24.5 Å². The number of amides is 2. The fraction of sp³-hybridized carbons (Fsp3) is 0.783. The highest BCUT2D eigenvalue weighted by Crippen LogP contribution is 2.33. The first kappa shape index (κ1) is 21.3. The predicted molar refractivity (Wildman–Crippen MR) is 116 cm³/mol. The first-order valence-corrected chi connectivity index (χ1v) is 11.7. The molecule has 0 unspecified atom stereocenters. The first-order chi connectivity index (χ1) is 14.4. The molecule has 0 bridgehead atoms. The zero-order chi connectivity index (χ0) is 21.3. The largest absolute Gasteiger partial charge is 0.343 e. The third kappa shape index (κ3) is 4.56. The standard InChI is InChI=1S/C23H37N5O2/c1-17-14-18(2)28(24-17)13-9-23(30)26-15-20-6-4-5-10-27(22(20)16-26)21-7-11-25(12-8-21)19(3)29/h14,20-22H,4-13,15-16H2,1-3H3/t20-,22+/m0/s1. The van der Waals surface area contributed by atoms with E-state index in [2.05, 4.69) is 21.0 Å². The maximum atomic E-state index is 13.0. The van der Waals surface area contributed by atoms with Gasteiger partial charge in [-0.3, -0.25) is 19.2 Å². The average molecular weight is 416 g/mol. The van der Waals surface area contributed by atoms with E-state index in [1.807, 2.05) is 23.4 Å². The smallest absolute Gasteiger partial charge is 0.224 e. The van der Waals surface area contributed by atoms with Gasteiger partial charge in [-0.2, -0.15) is 5.10 Å². The highest BCUT2D eigenvalue weighted by Gasteiger charge is 2.42. The number of carbonyl (C=O) groups is 2. The summed E-state index contributed by atoms with van der Waals surface area (Å²) in [6.45, 7) is 11.0. The molecule has 0 radical (unpaired) electrons. The molecule has 2 amide bonds. The van der Waals surface area contributed by atoms with Crippen LogP contribution in [0.4, 0.5) is 0 Å². The van der Waals surface area contributed by atoms with Crippen LogP contribution < -0.4 is 0 Å². The number of rotatable bonds is 4. The normalized spacial score (nSPS) is 26.0. The van der Waals surface area contributed by atoms with E-state index in [-0.39, 0.29) is 11.8 Å². The van der Waals surface area contributed by atoms with Crippen LogP contribution >= 0.6 is 0 Å². The van der Waals surface area contributed by atoms with Gasteiger partial charge in [-0.15, -0.1) is 0 Å². The summed E-state index contributed by atoms with van der Waals surface area (Å²) in [6.07, 6.45) is 6.40. The number of carbonyl (C=O) groups excluding carboxylic acids is 2. The molecule has 1 aromatic heterocycles. The fourth-order valence-electron chi connectivity index (χ4n) is 5.81. The van der Waals surface area contributed by atoms with Crippen molar-refractivity contribution in [2.75, 3.05) is 32.7 Å². The van der Waals surface area contributed by atoms with Crippen LogP contribution in [0.1, 0.15) is 56.8 Å². The van der Waals surface area contributed by atoms with Gasteiger partial charge in [0.1, 0.15) is 0 Å². The molecule has 4 rings (SSSR count). The number of aryl methyl sites for hydroxylation is 3. The summed E-state index contributed by atoms with van der Waals surface area (Å²) in [5, 5.41) is 4.49. The lowest BCUT2D eigenvalue weighted by atomic mass is 9.95. The van der Waals surface area contributed by atoms with Crippen molar-refractivity contribution < 1.29 is 9.59 Å². The van der Waals surface area contributed by atoms with E-state index >= 15 is 0 Å². The Bertz CT molecular complexity index is 768.